The Morgan fingerprint density at radius 1 is 1.16 bits per heavy atom. The summed E-state index contributed by atoms with van der Waals surface area (Å²) in [4.78, 5) is 31.6. The number of rotatable bonds is 3. The third kappa shape index (κ3) is 2.98. The van der Waals surface area contributed by atoms with E-state index in [1.807, 2.05) is 17.0 Å². The number of aliphatic imine (C=N–C) groups is 1. The number of benzene rings is 2. The van der Waals surface area contributed by atoms with Gasteiger partial charge in [-0.1, -0.05) is 35.9 Å². The molecule has 2 aliphatic heterocycles. The predicted octanol–water partition coefficient (Wildman–Crippen LogP) is 3.49. The molecule has 1 atom stereocenters. The highest BCUT2D eigenvalue weighted by Crippen LogP contribution is 2.32. The molecule has 4 rings (SSSR count). The Balaban J connectivity index is 1.55. The molecule has 0 aliphatic carbocycles. The zero-order valence-electron chi connectivity index (χ0n) is 13.6. The number of nitrogens with zero attached hydrogens (tertiary/aromatic N) is 2. The van der Waals surface area contributed by atoms with E-state index in [1.54, 1.807) is 24.3 Å². The lowest BCUT2D eigenvalue weighted by molar-refractivity contribution is -0.127. The molecule has 25 heavy (non-hydrogen) atoms. The minimum absolute atomic E-state index is 0.00756. The molecule has 0 N–H and O–H groups in total. The molecule has 2 aromatic carbocycles. The minimum Gasteiger partial charge on any atom is -0.328 e. The van der Waals surface area contributed by atoms with Crippen LogP contribution in [0.15, 0.2) is 53.5 Å². The van der Waals surface area contributed by atoms with Gasteiger partial charge in [0.25, 0.3) is 5.91 Å². The van der Waals surface area contributed by atoms with E-state index in [9.17, 15) is 9.59 Å². The fourth-order valence-electron chi connectivity index (χ4n) is 3.54. The van der Waals surface area contributed by atoms with Gasteiger partial charge in [-0.15, -0.1) is 0 Å². The van der Waals surface area contributed by atoms with Crippen LogP contribution in [0.1, 0.15) is 33.9 Å². The van der Waals surface area contributed by atoms with Gasteiger partial charge in [0.1, 0.15) is 5.71 Å². The average molecular weight is 353 g/mol. The molecular formula is C20H17ClN2O2. The number of hydrogen-bond acceptors (Lipinski definition) is 3. The molecule has 4 nitrogen and oxygen atoms in total. The van der Waals surface area contributed by atoms with Gasteiger partial charge in [-0.05, 0) is 41.8 Å². The van der Waals surface area contributed by atoms with Crippen molar-refractivity contribution in [2.45, 2.75) is 18.9 Å². The fourth-order valence-corrected chi connectivity index (χ4v) is 3.67. The van der Waals surface area contributed by atoms with E-state index in [-0.39, 0.29) is 24.2 Å². The van der Waals surface area contributed by atoms with Gasteiger partial charge in [-0.2, -0.15) is 0 Å². The maximum Gasteiger partial charge on any atom is 0.268 e. The van der Waals surface area contributed by atoms with Crippen molar-refractivity contribution in [1.82, 2.24) is 4.90 Å². The summed E-state index contributed by atoms with van der Waals surface area (Å²) in [5.41, 5.74) is 3.36. The Morgan fingerprint density at radius 2 is 1.92 bits per heavy atom. The standard InChI is InChI=1S/C20H17ClN2O2/c21-15-7-5-14(6-8-15)19(24)11-17-20(25)23-10-9-13-3-1-2-4-16(13)18(23)12-22-17/h1-8,18H,9-12H2/t18-/m1/s1. The summed E-state index contributed by atoms with van der Waals surface area (Å²) < 4.78 is 0. The Labute approximate surface area is 151 Å². The Morgan fingerprint density at radius 3 is 2.72 bits per heavy atom. The van der Waals surface area contributed by atoms with Gasteiger partial charge >= 0.3 is 0 Å². The first kappa shape index (κ1) is 16.0. The van der Waals surface area contributed by atoms with E-state index >= 15 is 0 Å². The molecule has 126 valence electrons. The lowest BCUT2D eigenvalue weighted by Gasteiger charge is -2.39. The molecule has 2 aliphatic rings. The molecule has 0 aromatic heterocycles. The number of halogens is 1. The van der Waals surface area contributed by atoms with Crippen LogP contribution in [0.4, 0.5) is 0 Å². The quantitative estimate of drug-likeness (QED) is 0.794. The van der Waals surface area contributed by atoms with Crippen LogP contribution in [0.5, 0.6) is 0 Å². The number of amides is 1. The molecule has 0 radical (unpaired) electrons. The highest BCUT2D eigenvalue weighted by Gasteiger charge is 2.36. The number of hydrogen-bond donors (Lipinski definition) is 0. The lowest BCUT2D eigenvalue weighted by Crippen LogP contribution is -2.48. The van der Waals surface area contributed by atoms with E-state index in [1.165, 1.54) is 11.1 Å². The molecule has 5 heteroatoms. The molecule has 0 spiro atoms. The van der Waals surface area contributed by atoms with Crippen molar-refractivity contribution < 1.29 is 9.59 Å². The zero-order valence-corrected chi connectivity index (χ0v) is 14.4. The summed E-state index contributed by atoms with van der Waals surface area (Å²) in [6.45, 7) is 1.20. The third-order valence-electron chi connectivity index (χ3n) is 4.87. The van der Waals surface area contributed by atoms with Crippen molar-refractivity contribution in [3.05, 3.63) is 70.2 Å². The summed E-state index contributed by atoms with van der Waals surface area (Å²) >= 11 is 5.85. The molecule has 1 amide bonds. The molecule has 0 saturated heterocycles. The molecule has 2 aromatic rings. The lowest BCUT2D eigenvalue weighted by atomic mass is 9.90. The first-order valence-electron chi connectivity index (χ1n) is 8.34. The van der Waals surface area contributed by atoms with Crippen molar-refractivity contribution in [2.24, 2.45) is 4.99 Å². The number of fused-ring (bicyclic) bond motifs is 3. The van der Waals surface area contributed by atoms with Crippen molar-refractivity contribution in [3.8, 4) is 0 Å². The SMILES string of the molecule is O=C(CC1=NC[C@@H]2c3ccccc3CCN2C1=O)c1ccc(Cl)cc1. The largest absolute Gasteiger partial charge is 0.328 e. The van der Waals surface area contributed by atoms with Crippen LogP contribution in [0.2, 0.25) is 5.02 Å². The van der Waals surface area contributed by atoms with Gasteiger partial charge in [-0.3, -0.25) is 14.6 Å². The smallest absolute Gasteiger partial charge is 0.268 e. The maximum absolute atomic E-state index is 12.8. The van der Waals surface area contributed by atoms with E-state index in [0.29, 0.717) is 29.4 Å². The Hall–Kier alpha value is -2.46. The second kappa shape index (κ2) is 6.45. The molecule has 0 unspecified atom stereocenters. The molecule has 0 saturated carbocycles. The normalized spacial score (nSPS) is 19.1. The Kier molecular flexibility index (Phi) is 4.14. The van der Waals surface area contributed by atoms with Crippen molar-refractivity contribution in [1.29, 1.82) is 0 Å². The van der Waals surface area contributed by atoms with E-state index in [2.05, 4.69) is 17.1 Å². The summed E-state index contributed by atoms with van der Waals surface area (Å²) in [5, 5.41) is 0.581. The molecule has 0 fully saturated rings. The fraction of sp³-hybridized carbons (Fsp3) is 0.250. The monoisotopic (exact) mass is 352 g/mol. The van der Waals surface area contributed by atoms with Crippen molar-refractivity contribution in [3.63, 3.8) is 0 Å². The molecule has 0 bridgehead atoms. The van der Waals surface area contributed by atoms with Gasteiger partial charge in [0.2, 0.25) is 0 Å². The van der Waals surface area contributed by atoms with Crippen molar-refractivity contribution in [2.75, 3.05) is 13.1 Å². The number of carbonyl (C=O) groups excluding carboxylic acids is 2. The van der Waals surface area contributed by atoms with Gasteiger partial charge in [0.15, 0.2) is 5.78 Å². The predicted molar refractivity (Wildman–Crippen MR) is 97.3 cm³/mol. The first-order chi connectivity index (χ1) is 12.1. The van der Waals surface area contributed by atoms with Crippen LogP contribution in [0, 0.1) is 0 Å². The number of ketones is 1. The van der Waals surface area contributed by atoms with Crippen LogP contribution in [-0.4, -0.2) is 35.4 Å². The van der Waals surface area contributed by atoms with Crippen LogP contribution in [-0.2, 0) is 11.2 Å². The summed E-state index contributed by atoms with van der Waals surface area (Å²) in [6.07, 6.45) is 0.877. The summed E-state index contributed by atoms with van der Waals surface area (Å²) in [5.74, 6) is -0.229. The minimum atomic E-state index is -0.118. The molecular weight excluding hydrogens is 336 g/mol. The second-order valence-electron chi connectivity index (χ2n) is 6.36. The maximum atomic E-state index is 12.8. The Bertz CT molecular complexity index is 874. The van der Waals surface area contributed by atoms with Crippen molar-refractivity contribution >= 4 is 29.0 Å². The first-order valence-corrected chi connectivity index (χ1v) is 8.72. The van der Waals surface area contributed by atoms with Gasteiger partial charge in [0, 0.05) is 17.1 Å². The number of carbonyl (C=O) groups is 2. The van der Waals surface area contributed by atoms with Crippen LogP contribution >= 0.6 is 11.6 Å². The highest BCUT2D eigenvalue weighted by atomic mass is 35.5. The van der Waals surface area contributed by atoms with Gasteiger partial charge < -0.3 is 4.90 Å². The topological polar surface area (TPSA) is 49.7 Å². The third-order valence-corrected chi connectivity index (χ3v) is 5.12. The van der Waals surface area contributed by atoms with E-state index in [4.69, 9.17) is 11.6 Å². The average Bonchev–Trinajstić information content (AvgIpc) is 2.64. The van der Waals surface area contributed by atoms with Crippen LogP contribution in [0.25, 0.3) is 0 Å². The van der Waals surface area contributed by atoms with Gasteiger partial charge in [0.05, 0.1) is 19.0 Å². The van der Waals surface area contributed by atoms with Gasteiger partial charge in [-0.25, -0.2) is 0 Å². The van der Waals surface area contributed by atoms with E-state index in [0.717, 1.165) is 6.42 Å². The molecule has 2 heterocycles. The summed E-state index contributed by atoms with van der Waals surface area (Å²) in [7, 11) is 0. The van der Waals surface area contributed by atoms with E-state index < -0.39 is 0 Å². The van der Waals surface area contributed by atoms with Crippen LogP contribution < -0.4 is 0 Å². The second-order valence-corrected chi connectivity index (χ2v) is 6.79. The van der Waals surface area contributed by atoms with Crippen LogP contribution in [0.3, 0.4) is 0 Å². The highest BCUT2D eigenvalue weighted by molar-refractivity contribution is 6.43. The zero-order chi connectivity index (χ0) is 17.4. The summed E-state index contributed by atoms with van der Waals surface area (Å²) in [6, 6.07) is 14.9. The number of Topliss-reactive ketones (excluding diaryl/α,β-unsaturated/α-hetero) is 1.